The summed E-state index contributed by atoms with van der Waals surface area (Å²) in [5.41, 5.74) is 0. The zero-order valence-corrected chi connectivity index (χ0v) is 11.8. The van der Waals surface area contributed by atoms with E-state index in [4.69, 9.17) is 9.88 Å². The molecule has 1 aliphatic heterocycles. The second-order valence-corrected chi connectivity index (χ2v) is 6.53. The lowest BCUT2D eigenvalue weighted by Gasteiger charge is -2.16. The predicted molar refractivity (Wildman–Crippen MR) is 71.4 cm³/mol. The minimum Gasteiger partial charge on any atom is -0.481 e. The van der Waals surface area contributed by atoms with Crippen LogP contribution >= 0.6 is 0 Å². The number of aromatic nitrogens is 2. The Morgan fingerprint density at radius 3 is 2.89 bits per heavy atom. The summed E-state index contributed by atoms with van der Waals surface area (Å²) in [4.78, 5) is 10.4. The summed E-state index contributed by atoms with van der Waals surface area (Å²) in [6, 6.07) is 1.67. The molecule has 7 nitrogen and oxygen atoms in total. The zero-order valence-electron chi connectivity index (χ0n) is 11.0. The zero-order chi connectivity index (χ0) is 14.0. The molecule has 19 heavy (non-hydrogen) atoms. The topological polar surface area (TPSA) is 98.4 Å². The Balaban J connectivity index is 2.11. The van der Waals surface area contributed by atoms with Gasteiger partial charge in [-0.25, -0.2) is 18.5 Å². The summed E-state index contributed by atoms with van der Waals surface area (Å²) >= 11 is 0. The van der Waals surface area contributed by atoms with Crippen molar-refractivity contribution in [3.8, 4) is 5.88 Å². The minimum absolute atomic E-state index is 0.00445. The van der Waals surface area contributed by atoms with Gasteiger partial charge in [0.2, 0.25) is 21.9 Å². The molecule has 2 atom stereocenters. The van der Waals surface area contributed by atoms with Gasteiger partial charge in [0.05, 0.1) is 12.9 Å². The highest BCUT2D eigenvalue weighted by Gasteiger charge is 2.33. The quantitative estimate of drug-likeness (QED) is 0.826. The fraction of sp³-hybridized carbons (Fsp3) is 0.636. The Hall–Kier alpha value is -1.41. The van der Waals surface area contributed by atoms with E-state index in [1.165, 1.54) is 0 Å². The van der Waals surface area contributed by atoms with Crippen molar-refractivity contribution < 1.29 is 13.2 Å². The van der Waals surface area contributed by atoms with Crippen LogP contribution in [0.25, 0.3) is 0 Å². The van der Waals surface area contributed by atoms with E-state index in [9.17, 15) is 8.42 Å². The SMILES string of the molecule is COc1ccnc(N2C[C@@H](CS(N)(=O)=O)[C@H](C)C2)n1. The Morgan fingerprint density at radius 1 is 1.53 bits per heavy atom. The van der Waals surface area contributed by atoms with Crippen LogP contribution in [0.1, 0.15) is 6.92 Å². The van der Waals surface area contributed by atoms with E-state index < -0.39 is 10.0 Å². The first-order chi connectivity index (χ1) is 8.89. The van der Waals surface area contributed by atoms with Crippen molar-refractivity contribution in [3.63, 3.8) is 0 Å². The summed E-state index contributed by atoms with van der Waals surface area (Å²) in [6.07, 6.45) is 1.62. The van der Waals surface area contributed by atoms with Crippen molar-refractivity contribution >= 4 is 16.0 Å². The van der Waals surface area contributed by atoms with Gasteiger partial charge in [0.25, 0.3) is 0 Å². The van der Waals surface area contributed by atoms with Gasteiger partial charge in [0.1, 0.15) is 0 Å². The highest BCUT2D eigenvalue weighted by atomic mass is 32.2. The van der Waals surface area contributed by atoms with E-state index in [1.54, 1.807) is 19.4 Å². The first kappa shape index (κ1) is 14.0. The molecule has 1 aliphatic rings. The Kier molecular flexibility index (Phi) is 3.91. The highest BCUT2D eigenvalue weighted by molar-refractivity contribution is 7.89. The lowest BCUT2D eigenvalue weighted by atomic mass is 10.0. The number of primary sulfonamides is 1. The second-order valence-electron chi connectivity index (χ2n) is 4.87. The molecule has 1 aromatic heterocycles. The van der Waals surface area contributed by atoms with Crippen LogP contribution < -0.4 is 14.8 Å². The van der Waals surface area contributed by atoms with Crippen LogP contribution in [-0.4, -0.2) is 44.3 Å². The van der Waals surface area contributed by atoms with E-state index in [-0.39, 0.29) is 17.6 Å². The van der Waals surface area contributed by atoms with Crippen molar-refractivity contribution in [1.29, 1.82) is 0 Å². The lowest BCUT2D eigenvalue weighted by molar-refractivity contribution is 0.397. The predicted octanol–water partition coefficient (Wildman–Crippen LogP) is -0.154. The molecule has 1 saturated heterocycles. The van der Waals surface area contributed by atoms with Crippen molar-refractivity contribution in [3.05, 3.63) is 12.3 Å². The number of nitrogens with zero attached hydrogens (tertiary/aromatic N) is 3. The molecule has 0 radical (unpaired) electrons. The fourth-order valence-corrected chi connectivity index (χ4v) is 3.34. The first-order valence-electron chi connectivity index (χ1n) is 6.01. The van der Waals surface area contributed by atoms with Crippen LogP contribution in [-0.2, 0) is 10.0 Å². The third-order valence-electron chi connectivity index (χ3n) is 3.32. The average molecular weight is 286 g/mol. The molecule has 1 fully saturated rings. The first-order valence-corrected chi connectivity index (χ1v) is 7.73. The largest absolute Gasteiger partial charge is 0.481 e. The number of methoxy groups -OCH3 is 1. The van der Waals surface area contributed by atoms with Gasteiger partial charge in [-0.3, -0.25) is 0 Å². The van der Waals surface area contributed by atoms with Crippen LogP contribution in [0.2, 0.25) is 0 Å². The number of anilines is 1. The average Bonchev–Trinajstić information content (AvgIpc) is 2.69. The standard InChI is InChI=1S/C11H18N4O3S/c1-8-5-15(6-9(8)7-19(12,16)17)11-13-4-3-10(14-11)18-2/h3-4,8-9H,5-7H2,1-2H3,(H2,12,16,17)/t8-,9+/m1/s1. The fourth-order valence-electron chi connectivity index (χ4n) is 2.31. The van der Waals surface area contributed by atoms with E-state index in [2.05, 4.69) is 9.97 Å². The molecule has 0 unspecified atom stereocenters. The molecular weight excluding hydrogens is 268 g/mol. The third kappa shape index (κ3) is 3.54. The monoisotopic (exact) mass is 286 g/mol. The summed E-state index contributed by atoms with van der Waals surface area (Å²) in [5, 5.41) is 5.11. The molecule has 0 spiro atoms. The van der Waals surface area contributed by atoms with Gasteiger partial charge in [-0.15, -0.1) is 0 Å². The van der Waals surface area contributed by atoms with Crippen LogP contribution in [0.4, 0.5) is 5.95 Å². The van der Waals surface area contributed by atoms with Crippen molar-refractivity contribution in [2.75, 3.05) is 30.9 Å². The van der Waals surface area contributed by atoms with E-state index >= 15 is 0 Å². The second kappa shape index (κ2) is 5.30. The molecular formula is C11H18N4O3S. The summed E-state index contributed by atoms with van der Waals surface area (Å²) in [6.45, 7) is 3.31. The van der Waals surface area contributed by atoms with Gasteiger partial charge in [-0.1, -0.05) is 6.92 Å². The highest BCUT2D eigenvalue weighted by Crippen LogP contribution is 2.27. The Bertz CT molecular complexity index is 549. The van der Waals surface area contributed by atoms with Gasteiger partial charge in [0.15, 0.2) is 0 Å². The van der Waals surface area contributed by atoms with Crippen LogP contribution in [0.15, 0.2) is 12.3 Å². The van der Waals surface area contributed by atoms with Gasteiger partial charge in [-0.2, -0.15) is 4.98 Å². The van der Waals surface area contributed by atoms with Gasteiger partial charge < -0.3 is 9.64 Å². The summed E-state index contributed by atoms with van der Waals surface area (Å²) in [7, 11) is -1.91. The van der Waals surface area contributed by atoms with Crippen LogP contribution in [0, 0.1) is 11.8 Å². The van der Waals surface area contributed by atoms with E-state index in [0.29, 0.717) is 24.9 Å². The molecule has 106 valence electrons. The van der Waals surface area contributed by atoms with Crippen LogP contribution in [0.5, 0.6) is 5.88 Å². The number of sulfonamides is 1. The molecule has 0 aromatic carbocycles. The number of hydrogen-bond donors (Lipinski definition) is 1. The smallest absolute Gasteiger partial charge is 0.228 e. The molecule has 2 N–H and O–H groups in total. The molecule has 2 heterocycles. The molecule has 8 heteroatoms. The lowest BCUT2D eigenvalue weighted by Crippen LogP contribution is -2.28. The van der Waals surface area contributed by atoms with Crippen LogP contribution in [0.3, 0.4) is 0 Å². The Labute approximate surface area is 112 Å². The number of ether oxygens (including phenoxy) is 1. The van der Waals surface area contributed by atoms with Crippen molar-refractivity contribution in [1.82, 2.24) is 9.97 Å². The maximum absolute atomic E-state index is 11.2. The Morgan fingerprint density at radius 2 is 2.26 bits per heavy atom. The number of nitrogens with two attached hydrogens (primary N) is 1. The van der Waals surface area contributed by atoms with Crippen molar-refractivity contribution in [2.45, 2.75) is 6.92 Å². The molecule has 2 rings (SSSR count). The number of hydrogen-bond acceptors (Lipinski definition) is 6. The van der Waals surface area contributed by atoms with Gasteiger partial charge in [0, 0.05) is 25.4 Å². The summed E-state index contributed by atoms with van der Waals surface area (Å²) < 4.78 is 27.4. The van der Waals surface area contributed by atoms with Gasteiger partial charge >= 0.3 is 0 Å². The van der Waals surface area contributed by atoms with Gasteiger partial charge in [-0.05, 0) is 11.8 Å². The van der Waals surface area contributed by atoms with E-state index in [0.717, 1.165) is 0 Å². The molecule has 1 aromatic rings. The third-order valence-corrected chi connectivity index (χ3v) is 4.22. The molecule has 0 amide bonds. The maximum atomic E-state index is 11.2. The van der Waals surface area contributed by atoms with E-state index in [1.807, 2.05) is 11.8 Å². The summed E-state index contributed by atoms with van der Waals surface area (Å²) in [5.74, 6) is 1.28. The molecule has 0 bridgehead atoms. The maximum Gasteiger partial charge on any atom is 0.228 e. The molecule has 0 aliphatic carbocycles. The molecule has 0 saturated carbocycles. The normalized spacial score (nSPS) is 23.6. The minimum atomic E-state index is -3.45. The number of rotatable bonds is 4. The van der Waals surface area contributed by atoms with Crippen molar-refractivity contribution in [2.24, 2.45) is 17.0 Å².